The maximum atomic E-state index is 12.1. The third-order valence-electron chi connectivity index (χ3n) is 4.36. The van der Waals surface area contributed by atoms with Gasteiger partial charge in [0.15, 0.2) is 5.82 Å². The van der Waals surface area contributed by atoms with Gasteiger partial charge in [0.25, 0.3) is 5.91 Å². The number of aromatic nitrogens is 3. The smallest absolute Gasteiger partial charge is 0.299 e. The molecule has 1 aromatic rings. The molecule has 0 bridgehead atoms. The normalized spacial score (nSPS) is 22.9. The van der Waals surface area contributed by atoms with Crippen molar-refractivity contribution in [3.63, 3.8) is 0 Å². The van der Waals surface area contributed by atoms with E-state index in [0.29, 0.717) is 6.04 Å². The van der Waals surface area contributed by atoms with Crippen molar-refractivity contribution >= 4 is 5.91 Å². The Bertz CT molecular complexity index is 548. The van der Waals surface area contributed by atoms with Crippen LogP contribution in [0.2, 0.25) is 0 Å². The average molecular weight is 272 g/mol. The fourth-order valence-corrected chi connectivity index (χ4v) is 3.41. The molecule has 5 heteroatoms. The molecule has 1 aliphatic carbocycles. The Hall–Kier alpha value is -1.83. The zero-order chi connectivity index (χ0) is 13.9. The Labute approximate surface area is 119 Å². The van der Waals surface area contributed by atoms with Crippen LogP contribution in [0.4, 0.5) is 0 Å². The van der Waals surface area contributed by atoms with Gasteiger partial charge in [-0.2, -0.15) is 0 Å². The van der Waals surface area contributed by atoms with E-state index in [9.17, 15) is 4.79 Å². The molecule has 1 aromatic heterocycles. The summed E-state index contributed by atoms with van der Waals surface area (Å²) in [6, 6.07) is 0.557. The first-order chi connectivity index (χ1) is 9.81. The van der Waals surface area contributed by atoms with Gasteiger partial charge in [0, 0.05) is 12.6 Å². The van der Waals surface area contributed by atoms with Crippen molar-refractivity contribution < 1.29 is 4.79 Å². The molecule has 20 heavy (non-hydrogen) atoms. The van der Waals surface area contributed by atoms with E-state index < -0.39 is 0 Å². The minimum atomic E-state index is -0.0871. The standard InChI is InChI=1S/C15H20N4O/c1-2-6-14(20)18-10-5-9-13(18)15-17-16-11-19(15)12-7-3-4-8-12/h11-13H,3-5,7-10H2,1H3. The van der Waals surface area contributed by atoms with Gasteiger partial charge in [-0.1, -0.05) is 18.8 Å². The highest BCUT2D eigenvalue weighted by molar-refractivity contribution is 5.93. The average Bonchev–Trinajstić information content (AvgIpc) is 3.18. The predicted octanol–water partition coefficient (Wildman–Crippen LogP) is 2.08. The van der Waals surface area contributed by atoms with Crippen LogP contribution in [0.3, 0.4) is 0 Å². The second kappa shape index (κ2) is 5.66. The molecular weight excluding hydrogens is 252 g/mol. The lowest BCUT2D eigenvalue weighted by Crippen LogP contribution is -2.31. The van der Waals surface area contributed by atoms with Crippen LogP contribution in [0.25, 0.3) is 0 Å². The molecule has 2 fully saturated rings. The van der Waals surface area contributed by atoms with Crippen LogP contribution in [0.15, 0.2) is 6.33 Å². The second-order valence-electron chi connectivity index (χ2n) is 5.57. The molecular formula is C15H20N4O. The summed E-state index contributed by atoms with van der Waals surface area (Å²) in [7, 11) is 0. The van der Waals surface area contributed by atoms with Gasteiger partial charge < -0.3 is 9.47 Å². The van der Waals surface area contributed by atoms with Crippen molar-refractivity contribution in [3.8, 4) is 11.8 Å². The van der Waals surface area contributed by atoms with E-state index in [1.54, 1.807) is 6.92 Å². The van der Waals surface area contributed by atoms with Crippen LogP contribution >= 0.6 is 0 Å². The number of nitrogens with zero attached hydrogens (tertiary/aromatic N) is 4. The summed E-state index contributed by atoms with van der Waals surface area (Å²) in [4.78, 5) is 13.9. The summed E-state index contributed by atoms with van der Waals surface area (Å²) in [5, 5.41) is 8.40. The third-order valence-corrected chi connectivity index (χ3v) is 4.36. The number of hydrogen-bond acceptors (Lipinski definition) is 3. The number of amides is 1. The van der Waals surface area contributed by atoms with Crippen molar-refractivity contribution in [1.82, 2.24) is 19.7 Å². The molecule has 1 aliphatic heterocycles. The largest absolute Gasteiger partial charge is 0.322 e. The van der Waals surface area contributed by atoms with Crippen LogP contribution in [0.1, 0.15) is 63.4 Å². The van der Waals surface area contributed by atoms with E-state index >= 15 is 0 Å². The van der Waals surface area contributed by atoms with Gasteiger partial charge in [0.1, 0.15) is 6.33 Å². The molecule has 3 rings (SSSR count). The maximum Gasteiger partial charge on any atom is 0.299 e. The van der Waals surface area contributed by atoms with Gasteiger partial charge in [-0.05, 0) is 38.5 Å². The zero-order valence-electron chi connectivity index (χ0n) is 11.9. The SMILES string of the molecule is CC#CC(=O)N1CCCC1c1nncn1C1CCCC1. The van der Waals surface area contributed by atoms with Gasteiger partial charge in [-0.15, -0.1) is 10.2 Å². The monoisotopic (exact) mass is 272 g/mol. The molecule has 0 aromatic carbocycles. The number of hydrogen-bond donors (Lipinski definition) is 0. The second-order valence-corrected chi connectivity index (χ2v) is 5.57. The minimum Gasteiger partial charge on any atom is -0.322 e. The van der Waals surface area contributed by atoms with Crippen LogP contribution in [-0.2, 0) is 4.79 Å². The van der Waals surface area contributed by atoms with Gasteiger partial charge in [0.2, 0.25) is 0 Å². The molecule has 0 N–H and O–H groups in total. The molecule has 1 amide bonds. The Morgan fingerprint density at radius 1 is 1.30 bits per heavy atom. The van der Waals surface area contributed by atoms with Crippen LogP contribution < -0.4 is 0 Å². The van der Waals surface area contributed by atoms with Crippen molar-refractivity contribution in [1.29, 1.82) is 0 Å². The van der Waals surface area contributed by atoms with Gasteiger partial charge in [-0.25, -0.2) is 0 Å². The first-order valence-corrected chi connectivity index (χ1v) is 7.44. The highest BCUT2D eigenvalue weighted by Gasteiger charge is 2.34. The van der Waals surface area contributed by atoms with E-state index in [2.05, 4.69) is 26.6 Å². The highest BCUT2D eigenvalue weighted by Crippen LogP contribution is 2.35. The van der Waals surface area contributed by atoms with Crippen LogP contribution in [0.5, 0.6) is 0 Å². The fourth-order valence-electron chi connectivity index (χ4n) is 3.41. The number of carbonyl (C=O) groups is 1. The molecule has 0 radical (unpaired) electrons. The minimum absolute atomic E-state index is 0.0476. The quantitative estimate of drug-likeness (QED) is 0.775. The Kier molecular flexibility index (Phi) is 3.72. The molecule has 1 saturated heterocycles. The molecule has 106 valence electrons. The predicted molar refractivity (Wildman–Crippen MR) is 74.7 cm³/mol. The van der Waals surface area contributed by atoms with E-state index in [0.717, 1.165) is 25.2 Å². The maximum absolute atomic E-state index is 12.1. The van der Waals surface area contributed by atoms with E-state index in [-0.39, 0.29) is 11.9 Å². The molecule has 2 heterocycles. The van der Waals surface area contributed by atoms with Gasteiger partial charge in [0.05, 0.1) is 6.04 Å². The van der Waals surface area contributed by atoms with Crippen molar-refractivity contribution in [3.05, 3.63) is 12.2 Å². The van der Waals surface area contributed by atoms with Crippen molar-refractivity contribution in [2.45, 2.75) is 57.5 Å². The van der Waals surface area contributed by atoms with Crippen LogP contribution in [-0.4, -0.2) is 32.1 Å². The van der Waals surface area contributed by atoms with Crippen molar-refractivity contribution in [2.75, 3.05) is 6.54 Å². The number of likely N-dealkylation sites (tertiary alicyclic amines) is 1. The lowest BCUT2D eigenvalue weighted by Gasteiger charge is -2.24. The van der Waals surface area contributed by atoms with Crippen LogP contribution in [0, 0.1) is 11.8 Å². The molecule has 5 nitrogen and oxygen atoms in total. The first kappa shape index (κ1) is 13.2. The molecule has 1 atom stereocenters. The third kappa shape index (κ3) is 2.31. The summed E-state index contributed by atoms with van der Waals surface area (Å²) in [5.74, 6) is 6.20. The fraction of sp³-hybridized carbons (Fsp3) is 0.667. The molecule has 1 saturated carbocycles. The molecule has 1 unspecified atom stereocenters. The van der Waals surface area contributed by atoms with E-state index in [1.807, 2.05) is 11.2 Å². The Morgan fingerprint density at radius 3 is 2.85 bits per heavy atom. The lowest BCUT2D eigenvalue weighted by molar-refractivity contribution is -0.126. The summed E-state index contributed by atoms with van der Waals surface area (Å²) in [6.45, 7) is 2.47. The van der Waals surface area contributed by atoms with E-state index in [1.165, 1.54) is 25.7 Å². The zero-order valence-corrected chi connectivity index (χ0v) is 11.9. The highest BCUT2D eigenvalue weighted by atomic mass is 16.2. The molecule has 2 aliphatic rings. The summed E-state index contributed by atoms with van der Waals surface area (Å²) in [6.07, 6.45) is 8.74. The first-order valence-electron chi connectivity index (χ1n) is 7.44. The summed E-state index contributed by atoms with van der Waals surface area (Å²) in [5.41, 5.74) is 0. The van der Waals surface area contributed by atoms with Gasteiger partial charge in [-0.3, -0.25) is 4.79 Å². The van der Waals surface area contributed by atoms with Crippen molar-refractivity contribution in [2.24, 2.45) is 0 Å². The Balaban J connectivity index is 1.86. The molecule has 0 spiro atoms. The van der Waals surface area contributed by atoms with Gasteiger partial charge >= 0.3 is 0 Å². The lowest BCUT2D eigenvalue weighted by atomic mass is 10.1. The summed E-state index contributed by atoms with van der Waals surface area (Å²) >= 11 is 0. The topological polar surface area (TPSA) is 51.0 Å². The summed E-state index contributed by atoms with van der Waals surface area (Å²) < 4.78 is 2.20. The Morgan fingerprint density at radius 2 is 2.10 bits per heavy atom. The number of carbonyl (C=O) groups excluding carboxylic acids is 1. The van der Waals surface area contributed by atoms with E-state index in [4.69, 9.17) is 0 Å². The number of rotatable bonds is 2.